The molecule has 62 heavy (non-hydrogen) atoms. The molecule has 0 saturated heterocycles. The molecule has 12 aromatic rings. The zero-order valence-corrected chi connectivity index (χ0v) is 33.7. The van der Waals surface area contributed by atoms with Gasteiger partial charge in [0, 0.05) is 38.7 Å². The van der Waals surface area contributed by atoms with Gasteiger partial charge in [-0.05, 0) is 106 Å². The van der Waals surface area contributed by atoms with E-state index in [1.54, 1.807) is 0 Å². The zero-order valence-electron chi connectivity index (χ0n) is 33.7. The van der Waals surface area contributed by atoms with Crippen LogP contribution in [0.2, 0.25) is 0 Å². The fraction of sp³-hybridized carbons (Fsp3) is 0. The summed E-state index contributed by atoms with van der Waals surface area (Å²) >= 11 is 0. The molecule has 0 aliphatic heterocycles. The second-order valence-corrected chi connectivity index (χ2v) is 15.8. The van der Waals surface area contributed by atoms with Gasteiger partial charge in [-0.2, -0.15) is 0 Å². The fourth-order valence-corrected chi connectivity index (χ4v) is 9.21. The van der Waals surface area contributed by atoms with E-state index in [1.807, 2.05) is 0 Å². The first-order valence-electron chi connectivity index (χ1n) is 21.1. The molecule has 0 radical (unpaired) electrons. The molecule has 0 aliphatic rings. The summed E-state index contributed by atoms with van der Waals surface area (Å²) < 4.78 is 4.71. The van der Waals surface area contributed by atoms with Crippen molar-refractivity contribution >= 4 is 43.7 Å². The number of hydrogen-bond donors (Lipinski definition) is 0. The Kier molecular flexibility index (Phi) is 8.46. The van der Waals surface area contributed by atoms with E-state index in [0.717, 1.165) is 83.5 Å². The molecular weight excluding hydrogens is 753 g/mol. The number of nitrogens with zero attached hydrogens (tertiary/aromatic N) is 4. The molecule has 0 fully saturated rings. The molecule has 3 heterocycles. The van der Waals surface area contributed by atoms with E-state index in [0.29, 0.717) is 5.82 Å². The van der Waals surface area contributed by atoms with Crippen molar-refractivity contribution in [1.29, 1.82) is 0 Å². The van der Waals surface area contributed by atoms with Crippen molar-refractivity contribution < 1.29 is 0 Å². The van der Waals surface area contributed by atoms with Crippen molar-refractivity contribution in [1.82, 2.24) is 19.1 Å². The van der Waals surface area contributed by atoms with Crippen LogP contribution in [0.15, 0.2) is 231 Å². The van der Waals surface area contributed by atoms with E-state index in [-0.39, 0.29) is 0 Å². The van der Waals surface area contributed by atoms with Crippen LogP contribution in [0.1, 0.15) is 0 Å². The van der Waals surface area contributed by atoms with Crippen LogP contribution in [-0.4, -0.2) is 19.1 Å². The molecule has 0 saturated carbocycles. The Hall–Kier alpha value is -8.34. The minimum Gasteiger partial charge on any atom is -0.309 e. The van der Waals surface area contributed by atoms with Crippen molar-refractivity contribution in [3.8, 4) is 67.4 Å². The van der Waals surface area contributed by atoms with Crippen LogP contribution in [-0.2, 0) is 0 Å². The van der Waals surface area contributed by atoms with E-state index in [4.69, 9.17) is 9.97 Å². The maximum absolute atomic E-state index is 5.60. The molecule has 3 aromatic heterocycles. The summed E-state index contributed by atoms with van der Waals surface area (Å²) in [6.45, 7) is 0. The molecule has 9 aromatic carbocycles. The topological polar surface area (TPSA) is 35.6 Å². The van der Waals surface area contributed by atoms with Crippen LogP contribution in [0.3, 0.4) is 0 Å². The van der Waals surface area contributed by atoms with Gasteiger partial charge in [-0.25, -0.2) is 9.97 Å². The molecular formula is C58H38N4. The number of hydrogen-bond acceptors (Lipinski definition) is 2. The van der Waals surface area contributed by atoms with Gasteiger partial charge in [-0.15, -0.1) is 0 Å². The van der Waals surface area contributed by atoms with Crippen molar-refractivity contribution in [2.75, 3.05) is 0 Å². The van der Waals surface area contributed by atoms with E-state index in [2.05, 4.69) is 240 Å². The van der Waals surface area contributed by atoms with Gasteiger partial charge in [0.05, 0.1) is 27.8 Å². The van der Waals surface area contributed by atoms with E-state index >= 15 is 0 Å². The highest BCUT2D eigenvalue weighted by Gasteiger charge is 2.23. The number of fused-ring (bicyclic) bond motifs is 6. The summed E-state index contributed by atoms with van der Waals surface area (Å²) in [7, 11) is 0. The third-order valence-corrected chi connectivity index (χ3v) is 12.1. The predicted molar refractivity (Wildman–Crippen MR) is 258 cm³/mol. The summed E-state index contributed by atoms with van der Waals surface area (Å²) in [4.78, 5) is 11.1. The van der Waals surface area contributed by atoms with Gasteiger partial charge in [0.1, 0.15) is 5.52 Å². The fourth-order valence-electron chi connectivity index (χ4n) is 9.21. The highest BCUT2D eigenvalue weighted by atomic mass is 15.0. The molecule has 290 valence electrons. The number of rotatable bonds is 7. The number of aromatic nitrogens is 4. The predicted octanol–water partition coefficient (Wildman–Crippen LogP) is 15.0. The Morgan fingerprint density at radius 2 is 0.726 bits per heavy atom. The first-order chi connectivity index (χ1) is 30.7. The molecule has 0 amide bonds. The molecule has 4 nitrogen and oxygen atoms in total. The molecule has 0 bridgehead atoms. The van der Waals surface area contributed by atoms with Crippen molar-refractivity contribution in [3.05, 3.63) is 231 Å². The lowest BCUT2D eigenvalue weighted by molar-refractivity contribution is 1.15. The third kappa shape index (κ3) is 6.00. The summed E-state index contributed by atoms with van der Waals surface area (Å²) in [5, 5.41) is 3.52. The smallest absolute Gasteiger partial charge is 0.160 e. The van der Waals surface area contributed by atoms with Gasteiger partial charge in [-0.3, -0.25) is 0 Å². The summed E-state index contributed by atoms with van der Waals surface area (Å²) in [6.07, 6.45) is 0. The Balaban J connectivity index is 1.13. The molecule has 4 heteroatoms. The van der Waals surface area contributed by atoms with Gasteiger partial charge in [0.15, 0.2) is 5.82 Å². The van der Waals surface area contributed by atoms with Crippen LogP contribution in [0, 0.1) is 0 Å². The Morgan fingerprint density at radius 1 is 0.274 bits per heavy atom. The van der Waals surface area contributed by atoms with Crippen LogP contribution >= 0.6 is 0 Å². The van der Waals surface area contributed by atoms with Crippen LogP contribution in [0.4, 0.5) is 0 Å². The molecule has 0 aliphatic carbocycles. The number of benzene rings is 9. The van der Waals surface area contributed by atoms with Gasteiger partial charge < -0.3 is 9.13 Å². The lowest BCUT2D eigenvalue weighted by Gasteiger charge is -2.14. The lowest BCUT2D eigenvalue weighted by atomic mass is 9.95. The van der Waals surface area contributed by atoms with E-state index in [1.165, 1.54) is 21.8 Å². The normalized spacial score (nSPS) is 11.5. The van der Waals surface area contributed by atoms with Crippen LogP contribution in [0.5, 0.6) is 0 Å². The molecule has 0 spiro atoms. The first-order valence-corrected chi connectivity index (χ1v) is 21.1. The highest BCUT2D eigenvalue weighted by Crippen LogP contribution is 2.42. The second kappa shape index (κ2) is 14.7. The maximum Gasteiger partial charge on any atom is 0.160 e. The zero-order chi connectivity index (χ0) is 41.0. The lowest BCUT2D eigenvalue weighted by Crippen LogP contribution is -2.00. The molecule has 12 rings (SSSR count). The second-order valence-electron chi connectivity index (χ2n) is 15.8. The van der Waals surface area contributed by atoms with Gasteiger partial charge in [-0.1, -0.05) is 158 Å². The quantitative estimate of drug-likeness (QED) is 0.161. The Bertz CT molecular complexity index is 3530. The average Bonchev–Trinajstić information content (AvgIpc) is 3.87. The Morgan fingerprint density at radius 3 is 1.32 bits per heavy atom. The van der Waals surface area contributed by atoms with Crippen molar-refractivity contribution in [2.45, 2.75) is 0 Å². The number of para-hydroxylation sites is 3. The maximum atomic E-state index is 5.60. The van der Waals surface area contributed by atoms with Crippen molar-refractivity contribution in [3.63, 3.8) is 0 Å². The van der Waals surface area contributed by atoms with Gasteiger partial charge in [0.2, 0.25) is 0 Å². The van der Waals surface area contributed by atoms with E-state index in [9.17, 15) is 0 Å². The van der Waals surface area contributed by atoms with Gasteiger partial charge in [0.25, 0.3) is 0 Å². The summed E-state index contributed by atoms with van der Waals surface area (Å²) in [5.74, 6) is 0.680. The summed E-state index contributed by atoms with van der Waals surface area (Å²) in [6, 6.07) is 82.1. The van der Waals surface area contributed by atoms with E-state index < -0.39 is 0 Å². The third-order valence-electron chi connectivity index (χ3n) is 12.1. The summed E-state index contributed by atoms with van der Waals surface area (Å²) in [5.41, 5.74) is 17.2. The SMILES string of the molecule is c1ccc(-c2cc(-c3ccccc3)cc(-c3nc(-c4ccccc4)c4c(n3)c3cc(-c5ccc6c(c5)c5ccccc5n6-c5ccccc5)ccc3n4-c3ccccc3)c2)cc1. The van der Waals surface area contributed by atoms with Crippen molar-refractivity contribution in [2.24, 2.45) is 0 Å². The monoisotopic (exact) mass is 790 g/mol. The molecule has 0 N–H and O–H groups in total. The largest absolute Gasteiger partial charge is 0.309 e. The van der Waals surface area contributed by atoms with Crippen LogP contribution in [0.25, 0.3) is 111 Å². The minimum atomic E-state index is 0.680. The average molecular weight is 791 g/mol. The van der Waals surface area contributed by atoms with Crippen LogP contribution < -0.4 is 0 Å². The molecule has 0 unspecified atom stereocenters. The minimum absolute atomic E-state index is 0.680. The molecule has 0 atom stereocenters. The first kappa shape index (κ1) is 35.6. The standard InChI is InChI=1S/C58H38N4/c1-6-18-39(19-7-1)44-34-45(40-20-8-2-9-21-40)36-46(35-44)58-59-55(41-22-10-3-11-23-41)57-56(60-58)51-38-43(31-33-54(51)62(57)48-26-14-5-15-27-48)42-30-32-53-50(37-42)49-28-16-17-29-52(49)61(53)47-24-12-4-13-25-47/h1-38H. The Labute approximate surface area is 359 Å². The van der Waals surface area contributed by atoms with Gasteiger partial charge >= 0.3 is 0 Å². The highest BCUT2D eigenvalue weighted by molar-refractivity contribution is 6.14.